The number of hydrogen-bond acceptors (Lipinski definition) is 4. The summed E-state index contributed by atoms with van der Waals surface area (Å²) < 4.78 is 0. The molecule has 0 atom stereocenters. The van der Waals surface area contributed by atoms with Crippen LogP contribution in [-0.4, -0.2) is 48.1 Å². The van der Waals surface area contributed by atoms with Gasteiger partial charge < -0.3 is 20.4 Å². The fourth-order valence-electron chi connectivity index (χ4n) is 4.41. The van der Waals surface area contributed by atoms with Gasteiger partial charge in [0, 0.05) is 59.7 Å². The third-order valence-corrected chi connectivity index (χ3v) is 6.75. The van der Waals surface area contributed by atoms with E-state index in [2.05, 4.69) is 25.8 Å². The van der Waals surface area contributed by atoms with Crippen molar-refractivity contribution in [3.63, 3.8) is 0 Å². The Labute approximate surface area is 226 Å². The number of nitrogens with zero attached hydrogens (tertiary/aromatic N) is 3. The second-order valence-corrected chi connectivity index (χ2v) is 9.84. The van der Waals surface area contributed by atoms with Gasteiger partial charge in [0.1, 0.15) is 5.82 Å². The quantitative estimate of drug-likeness (QED) is 0.282. The molecule has 5 rings (SSSR count). The molecule has 0 unspecified atom stereocenters. The van der Waals surface area contributed by atoms with Crippen molar-refractivity contribution in [3.05, 3.63) is 88.9 Å². The van der Waals surface area contributed by atoms with Gasteiger partial charge in [0.15, 0.2) is 0 Å². The molecule has 3 aromatic carbocycles. The van der Waals surface area contributed by atoms with Crippen LogP contribution in [0.5, 0.6) is 0 Å². The molecule has 0 radical (unpaired) electrons. The highest BCUT2D eigenvalue weighted by atomic mass is 35.5. The highest BCUT2D eigenvalue weighted by molar-refractivity contribution is 6.31. The standard InChI is InChI=1S/C29H29ClN6O2/c1-19-3-8-22(9-4-19)31-28(37)34-27-18-26(24-12-7-21(30)17-25(24)33-27)35-13-15-36(16-14-35)29(38)32-23-10-5-20(2)6-11-23/h3-12,17-18H,13-16H2,1-2H3,(H,32,38)(H2,31,33,34,37). The van der Waals surface area contributed by atoms with Gasteiger partial charge in [-0.2, -0.15) is 0 Å². The number of amides is 4. The number of piperazine rings is 1. The van der Waals surface area contributed by atoms with E-state index in [9.17, 15) is 9.59 Å². The van der Waals surface area contributed by atoms with Crippen LogP contribution >= 0.6 is 11.6 Å². The number of benzene rings is 3. The van der Waals surface area contributed by atoms with Gasteiger partial charge >= 0.3 is 12.1 Å². The molecule has 0 bridgehead atoms. The van der Waals surface area contributed by atoms with Crippen molar-refractivity contribution < 1.29 is 9.59 Å². The van der Waals surface area contributed by atoms with Crippen LogP contribution < -0.4 is 20.9 Å². The van der Waals surface area contributed by atoms with Crippen molar-refractivity contribution in [1.29, 1.82) is 0 Å². The molecular weight excluding hydrogens is 500 g/mol. The largest absolute Gasteiger partial charge is 0.367 e. The van der Waals surface area contributed by atoms with Crippen molar-refractivity contribution in [2.24, 2.45) is 0 Å². The second-order valence-electron chi connectivity index (χ2n) is 9.40. The Hall–Kier alpha value is -4.30. The summed E-state index contributed by atoms with van der Waals surface area (Å²) in [6.45, 7) is 6.40. The molecule has 2 heterocycles. The van der Waals surface area contributed by atoms with Gasteiger partial charge in [-0.3, -0.25) is 5.32 Å². The molecule has 9 heteroatoms. The maximum atomic E-state index is 12.8. The molecular formula is C29H29ClN6O2. The van der Waals surface area contributed by atoms with Crippen LogP contribution in [0.2, 0.25) is 5.02 Å². The van der Waals surface area contributed by atoms with E-state index in [0.29, 0.717) is 48.2 Å². The van der Waals surface area contributed by atoms with Gasteiger partial charge in [-0.1, -0.05) is 47.0 Å². The number of nitrogens with one attached hydrogen (secondary N) is 3. The summed E-state index contributed by atoms with van der Waals surface area (Å²) in [5, 5.41) is 10.1. The highest BCUT2D eigenvalue weighted by Crippen LogP contribution is 2.31. The smallest absolute Gasteiger partial charge is 0.324 e. The van der Waals surface area contributed by atoms with Crippen LogP contribution in [0.25, 0.3) is 10.9 Å². The normalized spacial score (nSPS) is 13.3. The summed E-state index contributed by atoms with van der Waals surface area (Å²) in [6.07, 6.45) is 0. The minimum Gasteiger partial charge on any atom is -0.367 e. The fourth-order valence-corrected chi connectivity index (χ4v) is 4.58. The van der Waals surface area contributed by atoms with Crippen molar-refractivity contribution >= 4 is 57.4 Å². The monoisotopic (exact) mass is 528 g/mol. The lowest BCUT2D eigenvalue weighted by Gasteiger charge is -2.36. The van der Waals surface area contributed by atoms with E-state index in [1.807, 2.05) is 85.5 Å². The number of rotatable bonds is 4. The molecule has 194 valence electrons. The van der Waals surface area contributed by atoms with Crippen LogP contribution in [0.15, 0.2) is 72.8 Å². The van der Waals surface area contributed by atoms with Gasteiger partial charge in [-0.25, -0.2) is 14.6 Å². The average Bonchev–Trinajstić information content (AvgIpc) is 2.90. The van der Waals surface area contributed by atoms with Crippen LogP contribution in [0, 0.1) is 13.8 Å². The Bertz CT molecular complexity index is 1470. The van der Waals surface area contributed by atoms with Gasteiger partial charge in [-0.15, -0.1) is 0 Å². The van der Waals surface area contributed by atoms with E-state index in [0.717, 1.165) is 27.9 Å². The summed E-state index contributed by atoms with van der Waals surface area (Å²) >= 11 is 6.26. The summed E-state index contributed by atoms with van der Waals surface area (Å²) in [6, 6.07) is 22.2. The zero-order valence-electron chi connectivity index (χ0n) is 21.3. The number of carbonyl (C=O) groups is 2. The Balaban J connectivity index is 1.30. The third kappa shape index (κ3) is 5.98. The third-order valence-electron chi connectivity index (χ3n) is 6.51. The molecule has 1 saturated heterocycles. The predicted octanol–water partition coefficient (Wildman–Crippen LogP) is 6.50. The summed E-state index contributed by atoms with van der Waals surface area (Å²) in [7, 11) is 0. The molecule has 8 nitrogen and oxygen atoms in total. The first-order valence-electron chi connectivity index (χ1n) is 12.5. The Kier molecular flexibility index (Phi) is 7.33. The zero-order valence-corrected chi connectivity index (χ0v) is 22.0. The van der Waals surface area contributed by atoms with E-state index in [4.69, 9.17) is 11.6 Å². The van der Waals surface area contributed by atoms with E-state index in [-0.39, 0.29) is 12.1 Å². The minimum atomic E-state index is -0.383. The lowest BCUT2D eigenvalue weighted by Crippen LogP contribution is -2.50. The summed E-state index contributed by atoms with van der Waals surface area (Å²) in [4.78, 5) is 34.1. The first-order chi connectivity index (χ1) is 18.3. The number of aromatic nitrogens is 1. The van der Waals surface area contributed by atoms with E-state index < -0.39 is 0 Å². The molecule has 3 N–H and O–H groups in total. The van der Waals surface area contributed by atoms with Gasteiger partial charge in [0.25, 0.3) is 0 Å². The van der Waals surface area contributed by atoms with Gasteiger partial charge in [0.2, 0.25) is 0 Å². The maximum Gasteiger partial charge on any atom is 0.324 e. The van der Waals surface area contributed by atoms with Crippen LogP contribution in [-0.2, 0) is 0 Å². The Morgan fingerprint density at radius 2 is 1.37 bits per heavy atom. The number of aryl methyl sites for hydroxylation is 2. The summed E-state index contributed by atoms with van der Waals surface area (Å²) in [5.74, 6) is 0.416. The fraction of sp³-hybridized carbons (Fsp3) is 0.207. The maximum absolute atomic E-state index is 12.8. The van der Waals surface area contributed by atoms with E-state index in [1.54, 1.807) is 6.07 Å². The van der Waals surface area contributed by atoms with Gasteiger partial charge in [0.05, 0.1) is 5.52 Å². The Morgan fingerprint density at radius 1 is 0.763 bits per heavy atom. The molecule has 4 aromatic rings. The number of anilines is 4. The van der Waals surface area contributed by atoms with Crippen molar-refractivity contribution in [3.8, 4) is 0 Å². The first kappa shape index (κ1) is 25.4. The molecule has 1 aromatic heterocycles. The lowest BCUT2D eigenvalue weighted by atomic mass is 10.1. The molecule has 0 saturated carbocycles. The molecule has 1 aliphatic heterocycles. The van der Waals surface area contributed by atoms with Crippen molar-refractivity contribution in [2.75, 3.05) is 47.0 Å². The number of fused-ring (bicyclic) bond motifs is 1. The number of halogens is 1. The lowest BCUT2D eigenvalue weighted by molar-refractivity contribution is 0.208. The summed E-state index contributed by atoms with van der Waals surface area (Å²) in [5.41, 5.74) is 5.33. The van der Waals surface area contributed by atoms with Crippen molar-refractivity contribution in [2.45, 2.75) is 13.8 Å². The molecule has 1 aliphatic rings. The Morgan fingerprint density at radius 3 is 2.00 bits per heavy atom. The van der Waals surface area contributed by atoms with Crippen LogP contribution in [0.3, 0.4) is 0 Å². The van der Waals surface area contributed by atoms with Crippen molar-refractivity contribution in [1.82, 2.24) is 9.88 Å². The topological polar surface area (TPSA) is 89.6 Å². The minimum absolute atomic E-state index is 0.116. The zero-order chi connectivity index (χ0) is 26.6. The molecule has 4 amide bonds. The number of hydrogen-bond donors (Lipinski definition) is 3. The second kappa shape index (κ2) is 11.0. The number of urea groups is 2. The van der Waals surface area contributed by atoms with Crippen LogP contribution in [0.4, 0.5) is 32.5 Å². The average molecular weight is 529 g/mol. The molecule has 0 spiro atoms. The highest BCUT2D eigenvalue weighted by Gasteiger charge is 2.23. The number of pyridine rings is 1. The molecule has 1 fully saturated rings. The molecule has 38 heavy (non-hydrogen) atoms. The number of carbonyl (C=O) groups excluding carboxylic acids is 2. The predicted molar refractivity (Wildman–Crippen MR) is 155 cm³/mol. The first-order valence-corrected chi connectivity index (χ1v) is 12.8. The SMILES string of the molecule is Cc1ccc(NC(=O)Nc2cc(N3CCN(C(=O)Nc4ccc(C)cc4)CC3)c3ccc(Cl)cc3n2)cc1. The van der Waals surface area contributed by atoms with Crippen LogP contribution in [0.1, 0.15) is 11.1 Å². The van der Waals surface area contributed by atoms with E-state index >= 15 is 0 Å². The molecule has 0 aliphatic carbocycles. The van der Waals surface area contributed by atoms with E-state index in [1.165, 1.54) is 0 Å². The van der Waals surface area contributed by atoms with Gasteiger partial charge in [-0.05, 0) is 56.3 Å².